The molecule has 0 saturated heterocycles. The first-order chi connectivity index (χ1) is 9.92. The van der Waals surface area contributed by atoms with E-state index in [1.165, 1.54) is 11.3 Å². The summed E-state index contributed by atoms with van der Waals surface area (Å²) in [4.78, 5) is 24.1. The van der Waals surface area contributed by atoms with Gasteiger partial charge in [-0.25, -0.2) is 4.79 Å². The minimum absolute atomic E-state index is 0. The number of carbonyl (C=O) groups is 2. The number of hydrogen-bond donors (Lipinski definition) is 4. The Hall–Kier alpha value is -1.31. The predicted octanol–water partition coefficient (Wildman–Crippen LogP) is 1.76. The molecule has 2 unspecified atom stereocenters. The molecule has 6 N–H and O–H groups in total. The Morgan fingerprint density at radius 2 is 2.00 bits per heavy atom. The minimum Gasteiger partial charge on any atom is -0.352 e. The van der Waals surface area contributed by atoms with Gasteiger partial charge >= 0.3 is 6.03 Å². The molecule has 0 aliphatic carbocycles. The average molecular weight is 349 g/mol. The van der Waals surface area contributed by atoms with E-state index in [2.05, 4.69) is 24.5 Å². The molecule has 0 radical (unpaired) electrons. The number of rotatable bonds is 8. The maximum atomic E-state index is 12.1. The van der Waals surface area contributed by atoms with Crippen LogP contribution in [-0.2, 0) is 4.79 Å². The molecule has 0 aliphatic heterocycles. The first kappa shape index (κ1) is 20.7. The Bertz CT molecular complexity index is 454. The van der Waals surface area contributed by atoms with Crippen LogP contribution < -0.4 is 22.1 Å². The lowest BCUT2D eigenvalue weighted by Crippen LogP contribution is -2.43. The third-order valence-electron chi connectivity index (χ3n) is 3.00. The highest BCUT2D eigenvalue weighted by molar-refractivity contribution is 7.10. The molecule has 1 aromatic heterocycles. The molecule has 0 bridgehead atoms. The fourth-order valence-corrected chi connectivity index (χ4v) is 2.92. The zero-order valence-electron chi connectivity index (χ0n) is 12.9. The van der Waals surface area contributed by atoms with E-state index in [0.717, 1.165) is 11.3 Å². The van der Waals surface area contributed by atoms with Crippen LogP contribution in [0.3, 0.4) is 0 Å². The SMILES string of the molecule is CC(C)CC(CN)NC(=O)CC(NC(N)=O)c1cccs1.Cl. The zero-order chi connectivity index (χ0) is 15.8. The van der Waals surface area contributed by atoms with Crippen LogP contribution in [0.2, 0.25) is 0 Å². The van der Waals surface area contributed by atoms with Gasteiger partial charge in [-0.05, 0) is 23.8 Å². The molecule has 0 aromatic carbocycles. The number of hydrogen-bond acceptors (Lipinski definition) is 4. The summed E-state index contributed by atoms with van der Waals surface area (Å²) in [7, 11) is 0. The summed E-state index contributed by atoms with van der Waals surface area (Å²) in [6.45, 7) is 4.56. The lowest BCUT2D eigenvalue weighted by Gasteiger charge is -2.21. The van der Waals surface area contributed by atoms with Gasteiger partial charge in [0, 0.05) is 17.5 Å². The van der Waals surface area contributed by atoms with Crippen molar-refractivity contribution in [3.05, 3.63) is 22.4 Å². The van der Waals surface area contributed by atoms with Crippen molar-refractivity contribution in [2.75, 3.05) is 6.54 Å². The Kier molecular flexibility index (Phi) is 9.80. The van der Waals surface area contributed by atoms with Crippen LogP contribution in [0.1, 0.15) is 37.6 Å². The van der Waals surface area contributed by atoms with E-state index in [4.69, 9.17) is 11.5 Å². The van der Waals surface area contributed by atoms with Crippen LogP contribution in [0.15, 0.2) is 17.5 Å². The van der Waals surface area contributed by atoms with Gasteiger partial charge in [-0.1, -0.05) is 19.9 Å². The molecule has 0 fully saturated rings. The van der Waals surface area contributed by atoms with Gasteiger partial charge < -0.3 is 22.1 Å². The molecule has 8 heteroatoms. The molecule has 1 heterocycles. The number of primary amides is 1. The van der Waals surface area contributed by atoms with Crippen molar-refractivity contribution in [3.63, 3.8) is 0 Å². The van der Waals surface area contributed by atoms with E-state index >= 15 is 0 Å². The van der Waals surface area contributed by atoms with Crippen molar-refractivity contribution in [2.24, 2.45) is 17.4 Å². The largest absolute Gasteiger partial charge is 0.352 e. The molecule has 0 spiro atoms. The molecule has 6 nitrogen and oxygen atoms in total. The highest BCUT2D eigenvalue weighted by Crippen LogP contribution is 2.22. The maximum Gasteiger partial charge on any atom is 0.312 e. The van der Waals surface area contributed by atoms with Crippen molar-refractivity contribution < 1.29 is 9.59 Å². The highest BCUT2D eigenvalue weighted by atomic mass is 35.5. The Morgan fingerprint density at radius 3 is 2.45 bits per heavy atom. The second-order valence-corrected chi connectivity index (χ2v) is 6.39. The van der Waals surface area contributed by atoms with Crippen LogP contribution in [0.4, 0.5) is 4.79 Å². The third kappa shape index (κ3) is 7.63. The molecule has 22 heavy (non-hydrogen) atoms. The molecular weight excluding hydrogens is 324 g/mol. The van der Waals surface area contributed by atoms with Crippen LogP contribution in [0.5, 0.6) is 0 Å². The monoisotopic (exact) mass is 348 g/mol. The van der Waals surface area contributed by atoms with Gasteiger partial charge in [-0.2, -0.15) is 0 Å². The number of halogens is 1. The van der Waals surface area contributed by atoms with E-state index in [1.54, 1.807) is 0 Å². The first-order valence-corrected chi connectivity index (χ1v) is 7.89. The lowest BCUT2D eigenvalue weighted by molar-refractivity contribution is -0.122. The smallest absolute Gasteiger partial charge is 0.312 e. The molecule has 0 aliphatic rings. The third-order valence-corrected chi connectivity index (χ3v) is 3.98. The second-order valence-electron chi connectivity index (χ2n) is 5.41. The normalized spacial score (nSPS) is 13.1. The molecule has 2 atom stereocenters. The van der Waals surface area contributed by atoms with Crippen LogP contribution in [-0.4, -0.2) is 24.5 Å². The maximum absolute atomic E-state index is 12.1. The van der Waals surface area contributed by atoms with Crippen molar-refractivity contribution in [2.45, 2.75) is 38.8 Å². The van der Waals surface area contributed by atoms with Crippen LogP contribution in [0, 0.1) is 5.92 Å². The summed E-state index contributed by atoms with van der Waals surface area (Å²) in [5.41, 5.74) is 10.8. The number of nitrogens with two attached hydrogens (primary N) is 2. The summed E-state index contributed by atoms with van der Waals surface area (Å²) in [5.74, 6) is 0.314. The molecular formula is C14H25ClN4O2S. The Balaban J connectivity index is 0.00000441. The second kappa shape index (κ2) is 10.4. The summed E-state index contributed by atoms with van der Waals surface area (Å²) >= 11 is 1.48. The van der Waals surface area contributed by atoms with Gasteiger partial charge in [0.2, 0.25) is 5.91 Å². The topological polar surface area (TPSA) is 110 Å². The highest BCUT2D eigenvalue weighted by Gasteiger charge is 2.20. The summed E-state index contributed by atoms with van der Waals surface area (Å²) in [5, 5.41) is 7.41. The van der Waals surface area contributed by atoms with E-state index in [-0.39, 0.29) is 30.8 Å². The standard InChI is InChI=1S/C14H24N4O2S.ClH/c1-9(2)6-10(8-15)17-13(19)7-11(18-14(16)20)12-4-3-5-21-12;/h3-5,9-11H,6-8,15H2,1-2H3,(H,17,19)(H3,16,18,20);1H. The molecule has 1 rings (SSSR count). The number of urea groups is 1. The molecule has 1 aromatic rings. The van der Waals surface area contributed by atoms with Gasteiger partial charge in [-0.3, -0.25) is 4.79 Å². The number of nitrogens with one attached hydrogen (secondary N) is 2. The van der Waals surface area contributed by atoms with Gasteiger partial charge in [0.15, 0.2) is 0 Å². The molecule has 0 saturated carbocycles. The van der Waals surface area contributed by atoms with Crippen LogP contribution in [0.25, 0.3) is 0 Å². The Labute approximate surface area is 141 Å². The Morgan fingerprint density at radius 1 is 1.32 bits per heavy atom. The van der Waals surface area contributed by atoms with E-state index < -0.39 is 12.1 Å². The fraction of sp³-hybridized carbons (Fsp3) is 0.571. The summed E-state index contributed by atoms with van der Waals surface area (Å²) < 4.78 is 0. The fourth-order valence-electron chi connectivity index (χ4n) is 2.14. The van der Waals surface area contributed by atoms with E-state index in [0.29, 0.717) is 12.5 Å². The zero-order valence-corrected chi connectivity index (χ0v) is 14.5. The summed E-state index contributed by atoms with van der Waals surface area (Å²) in [6.07, 6.45) is 0.979. The number of carbonyl (C=O) groups excluding carboxylic acids is 2. The van der Waals surface area contributed by atoms with E-state index in [9.17, 15) is 9.59 Å². The van der Waals surface area contributed by atoms with Crippen molar-refractivity contribution >= 4 is 35.7 Å². The van der Waals surface area contributed by atoms with Crippen molar-refractivity contribution in [1.29, 1.82) is 0 Å². The van der Waals surface area contributed by atoms with Gasteiger partial charge in [0.25, 0.3) is 0 Å². The number of amides is 3. The lowest BCUT2D eigenvalue weighted by atomic mass is 10.0. The predicted molar refractivity (Wildman–Crippen MR) is 92.1 cm³/mol. The van der Waals surface area contributed by atoms with Gasteiger partial charge in [0.05, 0.1) is 12.5 Å². The van der Waals surface area contributed by atoms with Gasteiger partial charge in [0.1, 0.15) is 0 Å². The molecule has 3 amide bonds. The first-order valence-electron chi connectivity index (χ1n) is 7.01. The van der Waals surface area contributed by atoms with Crippen molar-refractivity contribution in [3.8, 4) is 0 Å². The van der Waals surface area contributed by atoms with Gasteiger partial charge in [-0.15, -0.1) is 23.7 Å². The average Bonchev–Trinajstić information content (AvgIpc) is 2.89. The molecule has 126 valence electrons. The minimum atomic E-state index is -0.640. The van der Waals surface area contributed by atoms with Crippen LogP contribution >= 0.6 is 23.7 Å². The van der Waals surface area contributed by atoms with E-state index in [1.807, 2.05) is 17.5 Å². The summed E-state index contributed by atoms with van der Waals surface area (Å²) in [6, 6.07) is 2.65. The quantitative estimate of drug-likeness (QED) is 0.574. The number of thiophene rings is 1. The van der Waals surface area contributed by atoms with Crippen molar-refractivity contribution in [1.82, 2.24) is 10.6 Å².